The number of allylic oxidation sites excluding steroid dienone is 3. The Morgan fingerprint density at radius 2 is 1.97 bits per heavy atom. The Morgan fingerprint density at radius 3 is 2.66 bits per heavy atom. The summed E-state index contributed by atoms with van der Waals surface area (Å²) in [5.74, 6) is 0.220. The Balaban J connectivity index is 1.10. The molecular formula is C24H32N2O6. The Bertz CT molecular complexity index is 860. The number of epoxide rings is 2. The molecule has 1 saturated carbocycles. The lowest BCUT2D eigenvalue weighted by atomic mass is 9.81. The zero-order valence-electron chi connectivity index (χ0n) is 18.9. The van der Waals surface area contributed by atoms with Crippen molar-refractivity contribution in [2.24, 2.45) is 10.9 Å². The topological polar surface area (TPSA) is 102 Å². The summed E-state index contributed by atoms with van der Waals surface area (Å²) in [5, 5.41) is 2.68. The van der Waals surface area contributed by atoms with Gasteiger partial charge in [-0.05, 0) is 19.3 Å². The predicted molar refractivity (Wildman–Crippen MR) is 116 cm³/mol. The highest BCUT2D eigenvalue weighted by atomic mass is 16.7. The molecule has 0 bridgehead atoms. The Hall–Kier alpha value is -2.03. The summed E-state index contributed by atoms with van der Waals surface area (Å²) in [6, 6.07) is -0.0730. The summed E-state index contributed by atoms with van der Waals surface area (Å²) in [6.07, 6.45) is 10.3. The van der Waals surface area contributed by atoms with E-state index in [2.05, 4.69) is 30.2 Å². The molecule has 4 aliphatic heterocycles. The maximum absolute atomic E-state index is 12.3. The lowest BCUT2D eigenvalue weighted by Gasteiger charge is -2.27. The first-order chi connectivity index (χ1) is 15.4. The average molecular weight is 445 g/mol. The highest BCUT2D eigenvalue weighted by Crippen LogP contribution is 2.58. The molecule has 4 fully saturated rings. The number of rotatable bonds is 8. The van der Waals surface area contributed by atoms with E-state index in [9.17, 15) is 9.59 Å². The number of amidine groups is 1. The third-order valence-electron chi connectivity index (χ3n) is 6.98. The molecule has 0 aromatic rings. The minimum absolute atomic E-state index is 0.0191. The molecule has 4 heterocycles. The first kappa shape index (κ1) is 21.8. The van der Waals surface area contributed by atoms with E-state index >= 15 is 0 Å². The van der Waals surface area contributed by atoms with Gasteiger partial charge in [0.1, 0.15) is 36.1 Å². The van der Waals surface area contributed by atoms with Crippen LogP contribution in [0.25, 0.3) is 0 Å². The van der Waals surface area contributed by atoms with Crippen LogP contribution in [0, 0.1) is 5.92 Å². The van der Waals surface area contributed by atoms with Crippen LogP contribution in [0.4, 0.5) is 0 Å². The van der Waals surface area contributed by atoms with E-state index in [1.165, 1.54) is 38.2 Å². The molecule has 8 nitrogen and oxygen atoms in total. The highest BCUT2D eigenvalue weighted by molar-refractivity contribution is 6.01. The van der Waals surface area contributed by atoms with Crippen LogP contribution < -0.4 is 5.32 Å². The van der Waals surface area contributed by atoms with Crippen LogP contribution in [0.5, 0.6) is 0 Å². The lowest BCUT2D eigenvalue weighted by Crippen LogP contribution is -2.49. The van der Waals surface area contributed by atoms with Gasteiger partial charge in [-0.1, -0.05) is 57.3 Å². The van der Waals surface area contributed by atoms with Crippen molar-refractivity contribution in [3.05, 3.63) is 23.8 Å². The van der Waals surface area contributed by atoms with Gasteiger partial charge in [-0.2, -0.15) is 0 Å². The van der Waals surface area contributed by atoms with Crippen LogP contribution in [0.15, 0.2) is 28.8 Å². The molecule has 1 spiro atoms. The molecule has 5 rings (SSSR count). The molecular weight excluding hydrogens is 412 g/mol. The number of ether oxygens (including phenoxy) is 4. The van der Waals surface area contributed by atoms with E-state index in [1.54, 1.807) is 0 Å². The molecule has 1 N–H and O–H groups in total. The number of carbonyl (C=O) groups excluding carboxylic acids is 2. The van der Waals surface area contributed by atoms with Crippen LogP contribution in [-0.4, -0.2) is 60.1 Å². The molecule has 1 amide bonds. The van der Waals surface area contributed by atoms with E-state index in [1.807, 2.05) is 13.0 Å². The smallest absolute Gasteiger partial charge is 0.294 e. The third kappa shape index (κ3) is 4.04. The van der Waals surface area contributed by atoms with E-state index in [0.717, 1.165) is 5.57 Å². The van der Waals surface area contributed by atoms with Gasteiger partial charge in [0.15, 0.2) is 5.78 Å². The Labute approximate surface area is 188 Å². The van der Waals surface area contributed by atoms with E-state index in [0.29, 0.717) is 12.3 Å². The zero-order chi connectivity index (χ0) is 22.5. The summed E-state index contributed by atoms with van der Waals surface area (Å²) in [5.41, 5.74) is 0.400. The van der Waals surface area contributed by atoms with Gasteiger partial charge < -0.3 is 18.9 Å². The first-order valence-corrected chi connectivity index (χ1v) is 11.9. The number of amides is 1. The second-order valence-corrected chi connectivity index (χ2v) is 9.68. The highest BCUT2D eigenvalue weighted by Gasteiger charge is 2.79. The van der Waals surface area contributed by atoms with Crippen molar-refractivity contribution < 1.29 is 28.5 Å². The standard InChI is InChI=1S/C24H32N2O6/c1-4-5-6-7-8-13(2)11-14(3)9-10-16(27)26-23-25-15-12-24(32-22(15)31-23)20-18(29-20)17(28)19-21(24)30-19/h9-11,13,15,18-22H,4-8,12H2,1-3H3,(H,25,26,27)/b10-9+,14-11+. The van der Waals surface area contributed by atoms with Crippen LogP contribution in [0.2, 0.25) is 0 Å². The number of nitrogens with one attached hydrogen (secondary N) is 1. The minimum Gasteiger partial charge on any atom is -0.433 e. The maximum atomic E-state index is 12.3. The van der Waals surface area contributed by atoms with Crippen LogP contribution >= 0.6 is 0 Å². The number of carbonyl (C=O) groups is 2. The van der Waals surface area contributed by atoms with Gasteiger partial charge in [0.25, 0.3) is 11.9 Å². The van der Waals surface area contributed by atoms with Crippen molar-refractivity contribution in [2.45, 2.75) is 102 Å². The number of aliphatic imine (C=N–C) groups is 1. The van der Waals surface area contributed by atoms with Crippen molar-refractivity contribution >= 4 is 17.7 Å². The molecule has 5 aliphatic rings. The van der Waals surface area contributed by atoms with Crippen molar-refractivity contribution in [1.29, 1.82) is 0 Å². The molecule has 8 heteroatoms. The zero-order valence-corrected chi connectivity index (χ0v) is 18.9. The Kier molecular flexibility index (Phi) is 5.72. The summed E-state index contributed by atoms with van der Waals surface area (Å²) in [6.45, 7) is 6.43. The molecule has 7 atom stereocenters. The number of Topliss-reactive ketones (excluding diaryl/α,β-unsaturated/α-hetero) is 1. The van der Waals surface area contributed by atoms with Crippen molar-refractivity contribution in [2.75, 3.05) is 0 Å². The van der Waals surface area contributed by atoms with Gasteiger partial charge in [0.05, 0.1) is 0 Å². The number of nitrogens with zero attached hydrogens (tertiary/aromatic N) is 1. The second kappa shape index (κ2) is 8.39. The average Bonchev–Trinajstić information content (AvgIpc) is 3.65. The SMILES string of the molecule is CCCCCCC(C)/C=C(C)/C=C/C(=O)NC1=NC2CC3(OC2O1)C1OC1C(=O)C1OC13. The minimum atomic E-state index is -0.660. The molecule has 32 heavy (non-hydrogen) atoms. The molecule has 174 valence electrons. The number of fused-ring (bicyclic) bond motifs is 5. The van der Waals surface area contributed by atoms with Crippen molar-refractivity contribution in [3.63, 3.8) is 0 Å². The maximum Gasteiger partial charge on any atom is 0.294 e. The Morgan fingerprint density at radius 1 is 1.22 bits per heavy atom. The summed E-state index contributed by atoms with van der Waals surface area (Å²) in [7, 11) is 0. The summed E-state index contributed by atoms with van der Waals surface area (Å²) >= 11 is 0. The number of ketones is 1. The second-order valence-electron chi connectivity index (χ2n) is 9.68. The lowest BCUT2D eigenvalue weighted by molar-refractivity contribution is -0.146. The molecule has 7 unspecified atom stereocenters. The molecule has 0 radical (unpaired) electrons. The molecule has 0 aromatic carbocycles. The van der Waals surface area contributed by atoms with E-state index in [-0.39, 0.29) is 36.0 Å². The molecule has 0 aromatic heterocycles. The van der Waals surface area contributed by atoms with Crippen molar-refractivity contribution in [3.8, 4) is 0 Å². The number of unbranched alkanes of at least 4 members (excludes halogenated alkanes) is 3. The van der Waals surface area contributed by atoms with E-state index in [4.69, 9.17) is 18.9 Å². The van der Waals surface area contributed by atoms with E-state index < -0.39 is 24.1 Å². The first-order valence-electron chi connectivity index (χ1n) is 11.9. The van der Waals surface area contributed by atoms with Crippen LogP contribution in [0.3, 0.4) is 0 Å². The van der Waals surface area contributed by atoms with Gasteiger partial charge in [0.2, 0.25) is 6.29 Å². The van der Waals surface area contributed by atoms with Gasteiger partial charge in [-0.15, -0.1) is 0 Å². The fourth-order valence-electron chi connectivity index (χ4n) is 5.25. The van der Waals surface area contributed by atoms with Gasteiger partial charge >= 0.3 is 0 Å². The monoisotopic (exact) mass is 444 g/mol. The predicted octanol–water partition coefficient (Wildman–Crippen LogP) is 2.57. The normalized spacial score (nSPS) is 39.9. The largest absolute Gasteiger partial charge is 0.433 e. The molecule has 1 aliphatic carbocycles. The molecule has 3 saturated heterocycles. The fourth-order valence-corrected chi connectivity index (χ4v) is 5.25. The summed E-state index contributed by atoms with van der Waals surface area (Å²) < 4.78 is 23.0. The van der Waals surface area contributed by atoms with Gasteiger partial charge in [-0.3, -0.25) is 14.9 Å². The van der Waals surface area contributed by atoms with Crippen molar-refractivity contribution in [1.82, 2.24) is 5.32 Å². The number of hydrogen-bond donors (Lipinski definition) is 1. The van der Waals surface area contributed by atoms with Crippen LogP contribution in [-0.2, 0) is 28.5 Å². The quantitative estimate of drug-likeness (QED) is 0.267. The van der Waals surface area contributed by atoms with Gasteiger partial charge in [0, 0.05) is 12.5 Å². The fraction of sp³-hybridized carbons (Fsp3) is 0.708. The number of hydrogen-bond acceptors (Lipinski definition) is 7. The van der Waals surface area contributed by atoms with Crippen LogP contribution in [0.1, 0.15) is 59.3 Å². The summed E-state index contributed by atoms with van der Waals surface area (Å²) in [4.78, 5) is 28.8. The van der Waals surface area contributed by atoms with Gasteiger partial charge in [-0.25, -0.2) is 4.99 Å². The third-order valence-corrected chi connectivity index (χ3v) is 6.98.